The van der Waals surface area contributed by atoms with Gasteiger partial charge in [-0.3, -0.25) is 9.78 Å². The van der Waals surface area contributed by atoms with Crippen molar-refractivity contribution >= 4 is 5.91 Å². The molecule has 0 bridgehead atoms. The van der Waals surface area contributed by atoms with Crippen LogP contribution in [0.15, 0.2) is 59.4 Å². The number of carbonyl (C=O) groups is 1. The number of rotatable bonds is 5. The lowest BCUT2D eigenvalue weighted by Crippen LogP contribution is -2.27. The molecule has 5 nitrogen and oxygen atoms in total. The first-order chi connectivity index (χ1) is 12.7. The van der Waals surface area contributed by atoms with E-state index in [1.165, 1.54) is 11.1 Å². The molecule has 0 aliphatic heterocycles. The van der Waals surface area contributed by atoms with Crippen LogP contribution >= 0.6 is 0 Å². The van der Waals surface area contributed by atoms with E-state index >= 15 is 0 Å². The second kappa shape index (κ2) is 7.12. The SMILES string of the molecule is CN(Cc1cc(-c2cccnc2)no1)C(=O)C[C@H]1CCc2ccccc21. The number of amides is 1. The van der Waals surface area contributed by atoms with Crippen LogP contribution in [0.2, 0.25) is 0 Å². The van der Waals surface area contributed by atoms with Crippen molar-refractivity contribution in [3.8, 4) is 11.3 Å². The Hall–Kier alpha value is -2.95. The number of nitrogens with zero attached hydrogens (tertiary/aromatic N) is 3. The van der Waals surface area contributed by atoms with E-state index < -0.39 is 0 Å². The van der Waals surface area contributed by atoms with Crippen LogP contribution in [0, 0.1) is 0 Å². The molecule has 1 aliphatic rings. The van der Waals surface area contributed by atoms with Crippen LogP contribution in [0.1, 0.15) is 35.6 Å². The molecule has 5 heteroatoms. The molecule has 1 atom stereocenters. The largest absolute Gasteiger partial charge is 0.359 e. The summed E-state index contributed by atoms with van der Waals surface area (Å²) in [6.07, 6.45) is 6.12. The van der Waals surface area contributed by atoms with Crippen molar-refractivity contribution in [2.75, 3.05) is 7.05 Å². The van der Waals surface area contributed by atoms with Crippen LogP contribution in [0.5, 0.6) is 0 Å². The van der Waals surface area contributed by atoms with Gasteiger partial charge in [0.15, 0.2) is 5.76 Å². The molecule has 0 radical (unpaired) electrons. The van der Waals surface area contributed by atoms with Crippen molar-refractivity contribution in [1.29, 1.82) is 0 Å². The van der Waals surface area contributed by atoms with Gasteiger partial charge in [0, 0.05) is 37.5 Å². The molecule has 0 unspecified atom stereocenters. The fourth-order valence-electron chi connectivity index (χ4n) is 3.58. The molecule has 0 N–H and O–H groups in total. The lowest BCUT2D eigenvalue weighted by Gasteiger charge is -2.18. The number of hydrogen-bond acceptors (Lipinski definition) is 4. The third-order valence-electron chi connectivity index (χ3n) is 5.01. The average Bonchev–Trinajstić information content (AvgIpc) is 3.30. The molecule has 132 valence electrons. The Labute approximate surface area is 152 Å². The minimum Gasteiger partial charge on any atom is -0.359 e. The van der Waals surface area contributed by atoms with Gasteiger partial charge in [-0.25, -0.2) is 0 Å². The highest BCUT2D eigenvalue weighted by atomic mass is 16.5. The summed E-state index contributed by atoms with van der Waals surface area (Å²) in [5.41, 5.74) is 4.34. The summed E-state index contributed by atoms with van der Waals surface area (Å²) < 4.78 is 5.39. The van der Waals surface area contributed by atoms with Crippen LogP contribution in [-0.2, 0) is 17.8 Å². The third-order valence-corrected chi connectivity index (χ3v) is 5.01. The maximum atomic E-state index is 12.6. The van der Waals surface area contributed by atoms with Crippen molar-refractivity contribution in [2.24, 2.45) is 0 Å². The van der Waals surface area contributed by atoms with Crippen LogP contribution in [0.3, 0.4) is 0 Å². The van der Waals surface area contributed by atoms with Gasteiger partial charge in [0.2, 0.25) is 5.91 Å². The van der Waals surface area contributed by atoms with E-state index in [1.54, 1.807) is 17.3 Å². The fraction of sp³-hybridized carbons (Fsp3) is 0.286. The molecule has 0 saturated carbocycles. The van der Waals surface area contributed by atoms with Crippen LogP contribution in [-0.4, -0.2) is 28.0 Å². The Morgan fingerprint density at radius 2 is 2.15 bits per heavy atom. The topological polar surface area (TPSA) is 59.2 Å². The predicted molar refractivity (Wildman–Crippen MR) is 98.3 cm³/mol. The fourth-order valence-corrected chi connectivity index (χ4v) is 3.58. The zero-order valence-corrected chi connectivity index (χ0v) is 14.8. The number of hydrogen-bond donors (Lipinski definition) is 0. The maximum absolute atomic E-state index is 12.6. The van der Waals surface area contributed by atoms with Gasteiger partial charge in [-0.2, -0.15) is 0 Å². The molecule has 0 saturated heterocycles. The first kappa shape index (κ1) is 16.5. The van der Waals surface area contributed by atoms with E-state index in [0.717, 1.165) is 24.1 Å². The first-order valence-corrected chi connectivity index (χ1v) is 8.88. The van der Waals surface area contributed by atoms with Gasteiger partial charge < -0.3 is 9.42 Å². The van der Waals surface area contributed by atoms with Crippen molar-refractivity contribution in [2.45, 2.75) is 31.7 Å². The van der Waals surface area contributed by atoms with Gasteiger partial charge in [0.05, 0.1) is 6.54 Å². The van der Waals surface area contributed by atoms with Crippen LogP contribution in [0.4, 0.5) is 0 Å². The molecule has 0 fully saturated rings. The molecule has 2 aromatic heterocycles. The second-order valence-corrected chi connectivity index (χ2v) is 6.81. The Kier molecular flexibility index (Phi) is 4.52. The van der Waals surface area contributed by atoms with Crippen LogP contribution in [0.25, 0.3) is 11.3 Å². The van der Waals surface area contributed by atoms with Gasteiger partial charge in [-0.1, -0.05) is 29.4 Å². The van der Waals surface area contributed by atoms with Crippen molar-refractivity contribution in [3.63, 3.8) is 0 Å². The van der Waals surface area contributed by atoms with E-state index in [4.69, 9.17) is 4.52 Å². The molecule has 1 aliphatic carbocycles. The average molecular weight is 347 g/mol. The highest BCUT2D eigenvalue weighted by molar-refractivity contribution is 5.77. The lowest BCUT2D eigenvalue weighted by molar-refractivity contribution is -0.131. The molecule has 4 rings (SSSR count). The third kappa shape index (κ3) is 3.38. The molecular formula is C21H21N3O2. The minimum absolute atomic E-state index is 0.131. The minimum atomic E-state index is 0.131. The van der Waals surface area contributed by atoms with E-state index in [2.05, 4.69) is 34.4 Å². The molecule has 1 aromatic carbocycles. The number of pyridine rings is 1. The Morgan fingerprint density at radius 3 is 3.00 bits per heavy atom. The molecule has 1 amide bonds. The standard InChI is InChI=1S/C21H21N3O2/c1-24(14-18-12-20(23-26-18)17-6-4-10-22-13-17)21(25)11-16-9-8-15-5-2-3-7-19(15)16/h2-7,10,12-13,16H,8-9,11,14H2,1H3/t16-/m1/s1. The summed E-state index contributed by atoms with van der Waals surface area (Å²) in [5, 5.41) is 4.08. The van der Waals surface area contributed by atoms with Gasteiger partial charge in [-0.15, -0.1) is 0 Å². The van der Waals surface area contributed by atoms with Gasteiger partial charge >= 0.3 is 0 Å². The Balaban J connectivity index is 1.39. The molecule has 26 heavy (non-hydrogen) atoms. The van der Waals surface area contributed by atoms with Gasteiger partial charge in [0.25, 0.3) is 0 Å². The van der Waals surface area contributed by atoms with Crippen molar-refractivity contribution < 1.29 is 9.32 Å². The monoisotopic (exact) mass is 347 g/mol. The van der Waals surface area contributed by atoms with E-state index in [0.29, 0.717) is 24.6 Å². The van der Waals surface area contributed by atoms with Crippen molar-refractivity contribution in [3.05, 3.63) is 71.7 Å². The van der Waals surface area contributed by atoms with E-state index in [9.17, 15) is 4.79 Å². The zero-order chi connectivity index (χ0) is 17.9. The summed E-state index contributed by atoms with van der Waals surface area (Å²) in [6.45, 7) is 0.417. The summed E-state index contributed by atoms with van der Waals surface area (Å²) in [7, 11) is 1.81. The zero-order valence-electron chi connectivity index (χ0n) is 14.8. The maximum Gasteiger partial charge on any atom is 0.223 e. The van der Waals surface area contributed by atoms with E-state index in [1.807, 2.05) is 25.2 Å². The smallest absolute Gasteiger partial charge is 0.223 e. The normalized spacial score (nSPS) is 15.7. The second-order valence-electron chi connectivity index (χ2n) is 6.81. The lowest BCUT2D eigenvalue weighted by atomic mass is 9.97. The number of aryl methyl sites for hydroxylation is 1. The van der Waals surface area contributed by atoms with Gasteiger partial charge in [-0.05, 0) is 42.0 Å². The quantitative estimate of drug-likeness (QED) is 0.704. The Morgan fingerprint density at radius 1 is 1.27 bits per heavy atom. The van der Waals surface area contributed by atoms with Crippen LogP contribution < -0.4 is 0 Å². The number of carbonyl (C=O) groups excluding carboxylic acids is 1. The molecular weight excluding hydrogens is 326 g/mol. The Bertz CT molecular complexity index is 904. The van der Waals surface area contributed by atoms with E-state index in [-0.39, 0.29) is 5.91 Å². The highest BCUT2D eigenvalue weighted by Crippen LogP contribution is 2.35. The van der Waals surface area contributed by atoms with Gasteiger partial charge in [0.1, 0.15) is 5.69 Å². The molecule has 0 spiro atoms. The summed E-state index contributed by atoms with van der Waals surface area (Å²) in [4.78, 5) is 18.4. The molecule has 3 aromatic rings. The number of fused-ring (bicyclic) bond motifs is 1. The predicted octanol–water partition coefficient (Wildman–Crippen LogP) is 3.82. The number of benzene rings is 1. The summed E-state index contributed by atoms with van der Waals surface area (Å²) in [5.74, 6) is 1.12. The summed E-state index contributed by atoms with van der Waals surface area (Å²) >= 11 is 0. The summed E-state index contributed by atoms with van der Waals surface area (Å²) in [6, 6.07) is 14.1. The highest BCUT2D eigenvalue weighted by Gasteiger charge is 2.25. The first-order valence-electron chi connectivity index (χ1n) is 8.88. The molecule has 2 heterocycles. The van der Waals surface area contributed by atoms with Crippen molar-refractivity contribution in [1.82, 2.24) is 15.0 Å². The number of aromatic nitrogens is 2.